The van der Waals surface area contributed by atoms with Gasteiger partial charge in [-0.3, -0.25) is 14.9 Å². The average molecular weight is 335 g/mol. The number of anilines is 1. The van der Waals surface area contributed by atoms with Crippen LogP contribution in [0.3, 0.4) is 0 Å². The largest absolute Gasteiger partial charge is 0.371 e. The Balaban J connectivity index is 1.49. The number of nitrogens with zero attached hydrogens (tertiary/aromatic N) is 2. The van der Waals surface area contributed by atoms with Crippen LogP contribution in [0, 0.1) is 16.0 Å². The molecule has 0 atom stereocenters. The summed E-state index contributed by atoms with van der Waals surface area (Å²) in [4.78, 5) is 24.6. The SMILES string of the molecule is O=C(CNc1ccccc1[N+](=O)[O-])N1CCC(C2OCCO2)CC1. The third kappa shape index (κ3) is 3.82. The van der Waals surface area contributed by atoms with Crippen LogP contribution >= 0.6 is 0 Å². The minimum Gasteiger partial charge on any atom is -0.371 e. The molecule has 1 aromatic carbocycles. The summed E-state index contributed by atoms with van der Waals surface area (Å²) in [6.45, 7) is 2.65. The van der Waals surface area contributed by atoms with Crippen LogP contribution in [0.4, 0.5) is 11.4 Å². The number of hydrogen-bond acceptors (Lipinski definition) is 6. The van der Waals surface area contributed by atoms with Gasteiger partial charge in [-0.2, -0.15) is 0 Å². The number of piperidine rings is 1. The highest BCUT2D eigenvalue weighted by Crippen LogP contribution is 2.26. The second kappa shape index (κ2) is 7.59. The fourth-order valence-corrected chi connectivity index (χ4v) is 3.13. The lowest BCUT2D eigenvalue weighted by molar-refractivity contribution is -0.383. The van der Waals surface area contributed by atoms with Crippen molar-refractivity contribution >= 4 is 17.3 Å². The number of nitrogens with one attached hydrogen (secondary N) is 1. The van der Waals surface area contributed by atoms with Gasteiger partial charge in [0.1, 0.15) is 5.69 Å². The molecule has 1 aromatic rings. The van der Waals surface area contributed by atoms with E-state index in [1.54, 1.807) is 23.1 Å². The molecule has 0 radical (unpaired) electrons. The van der Waals surface area contributed by atoms with Crippen molar-refractivity contribution in [1.29, 1.82) is 0 Å². The van der Waals surface area contributed by atoms with E-state index in [2.05, 4.69) is 5.32 Å². The van der Waals surface area contributed by atoms with E-state index in [-0.39, 0.29) is 24.4 Å². The first-order valence-electron chi connectivity index (χ1n) is 8.13. The van der Waals surface area contributed by atoms with E-state index >= 15 is 0 Å². The Morgan fingerprint density at radius 3 is 2.58 bits per heavy atom. The summed E-state index contributed by atoms with van der Waals surface area (Å²) in [6, 6.07) is 6.32. The van der Waals surface area contributed by atoms with Gasteiger partial charge in [-0.25, -0.2) is 0 Å². The van der Waals surface area contributed by atoms with Crippen LogP contribution in [0.5, 0.6) is 0 Å². The molecule has 0 unspecified atom stereocenters. The molecule has 2 aliphatic heterocycles. The molecule has 0 saturated carbocycles. The van der Waals surface area contributed by atoms with E-state index in [9.17, 15) is 14.9 Å². The smallest absolute Gasteiger partial charge is 0.292 e. The lowest BCUT2D eigenvalue weighted by Crippen LogP contribution is -2.43. The van der Waals surface area contributed by atoms with Crippen molar-refractivity contribution in [1.82, 2.24) is 4.90 Å². The minimum absolute atomic E-state index is 0.0282. The van der Waals surface area contributed by atoms with Crippen LogP contribution < -0.4 is 5.32 Å². The molecular weight excluding hydrogens is 314 g/mol. The van der Waals surface area contributed by atoms with E-state index < -0.39 is 4.92 Å². The average Bonchev–Trinajstić information content (AvgIpc) is 3.14. The van der Waals surface area contributed by atoms with E-state index in [0.29, 0.717) is 37.9 Å². The Morgan fingerprint density at radius 2 is 1.92 bits per heavy atom. The minimum atomic E-state index is -0.458. The molecule has 2 fully saturated rings. The highest BCUT2D eigenvalue weighted by atomic mass is 16.7. The van der Waals surface area contributed by atoms with Crippen molar-refractivity contribution in [2.24, 2.45) is 5.92 Å². The molecule has 0 aliphatic carbocycles. The quantitative estimate of drug-likeness (QED) is 0.649. The topological polar surface area (TPSA) is 93.9 Å². The molecule has 24 heavy (non-hydrogen) atoms. The zero-order valence-corrected chi connectivity index (χ0v) is 13.3. The zero-order chi connectivity index (χ0) is 16.9. The number of nitro benzene ring substituents is 1. The van der Waals surface area contributed by atoms with Gasteiger partial charge in [0.2, 0.25) is 5.91 Å². The third-order valence-corrected chi connectivity index (χ3v) is 4.46. The number of carbonyl (C=O) groups excluding carboxylic acids is 1. The maximum absolute atomic E-state index is 12.3. The fourth-order valence-electron chi connectivity index (χ4n) is 3.13. The molecule has 8 heteroatoms. The fraction of sp³-hybridized carbons (Fsp3) is 0.562. The summed E-state index contributed by atoms with van der Waals surface area (Å²) < 4.78 is 11.1. The Bertz CT molecular complexity index is 595. The number of para-hydroxylation sites is 2. The first kappa shape index (κ1) is 16.7. The van der Waals surface area contributed by atoms with Crippen molar-refractivity contribution in [3.63, 3.8) is 0 Å². The van der Waals surface area contributed by atoms with E-state index in [1.807, 2.05) is 0 Å². The second-order valence-corrected chi connectivity index (χ2v) is 5.96. The molecule has 2 aliphatic rings. The Labute approximate surface area is 139 Å². The Morgan fingerprint density at radius 1 is 1.25 bits per heavy atom. The highest BCUT2D eigenvalue weighted by Gasteiger charge is 2.31. The van der Waals surface area contributed by atoms with Crippen molar-refractivity contribution in [3.8, 4) is 0 Å². The molecule has 2 saturated heterocycles. The Hall–Kier alpha value is -2.19. The van der Waals surface area contributed by atoms with Gasteiger partial charge in [0.25, 0.3) is 5.69 Å². The van der Waals surface area contributed by atoms with Crippen LogP contribution in [-0.2, 0) is 14.3 Å². The van der Waals surface area contributed by atoms with E-state index in [1.165, 1.54) is 6.07 Å². The summed E-state index contributed by atoms with van der Waals surface area (Å²) in [5, 5.41) is 13.9. The summed E-state index contributed by atoms with van der Waals surface area (Å²) in [5.41, 5.74) is 0.332. The number of benzene rings is 1. The van der Waals surface area contributed by atoms with Crippen molar-refractivity contribution < 1.29 is 19.2 Å². The van der Waals surface area contributed by atoms with E-state index in [4.69, 9.17) is 9.47 Å². The maximum atomic E-state index is 12.3. The lowest BCUT2D eigenvalue weighted by atomic mass is 9.96. The monoisotopic (exact) mass is 335 g/mol. The number of ether oxygens (including phenoxy) is 2. The van der Waals surface area contributed by atoms with Crippen molar-refractivity contribution in [2.75, 3.05) is 38.2 Å². The van der Waals surface area contributed by atoms with Crippen LogP contribution in [0.1, 0.15) is 12.8 Å². The number of carbonyl (C=O) groups is 1. The molecular formula is C16H21N3O5. The van der Waals surface area contributed by atoms with Gasteiger partial charge in [-0.1, -0.05) is 12.1 Å². The van der Waals surface area contributed by atoms with Gasteiger partial charge in [-0.05, 0) is 18.9 Å². The maximum Gasteiger partial charge on any atom is 0.292 e. The molecule has 1 amide bonds. The lowest BCUT2D eigenvalue weighted by Gasteiger charge is -2.34. The van der Waals surface area contributed by atoms with Crippen molar-refractivity contribution in [3.05, 3.63) is 34.4 Å². The van der Waals surface area contributed by atoms with Gasteiger partial charge < -0.3 is 19.7 Å². The number of hydrogen-bond donors (Lipinski definition) is 1. The molecule has 0 bridgehead atoms. The summed E-state index contributed by atoms with van der Waals surface area (Å²) >= 11 is 0. The first-order chi connectivity index (χ1) is 11.6. The van der Waals surface area contributed by atoms with Gasteiger partial charge in [0.05, 0.1) is 24.7 Å². The van der Waals surface area contributed by atoms with Crippen LogP contribution in [0.25, 0.3) is 0 Å². The van der Waals surface area contributed by atoms with Gasteiger partial charge in [0.15, 0.2) is 6.29 Å². The zero-order valence-electron chi connectivity index (χ0n) is 13.3. The predicted octanol–water partition coefficient (Wildman–Crippen LogP) is 1.62. The molecule has 8 nitrogen and oxygen atoms in total. The normalized spacial score (nSPS) is 19.4. The molecule has 2 heterocycles. The summed E-state index contributed by atoms with van der Waals surface area (Å²) in [6.07, 6.45) is 1.57. The highest BCUT2D eigenvalue weighted by molar-refractivity contribution is 5.81. The summed E-state index contributed by atoms with van der Waals surface area (Å²) in [5.74, 6) is 0.277. The predicted molar refractivity (Wildman–Crippen MR) is 86.6 cm³/mol. The number of nitro groups is 1. The Kier molecular flexibility index (Phi) is 5.27. The molecule has 0 spiro atoms. The molecule has 1 N–H and O–H groups in total. The number of likely N-dealkylation sites (tertiary alicyclic amines) is 1. The van der Waals surface area contributed by atoms with Crippen LogP contribution in [0.15, 0.2) is 24.3 Å². The van der Waals surface area contributed by atoms with E-state index in [0.717, 1.165) is 12.8 Å². The number of rotatable bonds is 5. The number of amides is 1. The van der Waals surface area contributed by atoms with Crippen LogP contribution in [-0.4, -0.2) is 54.9 Å². The van der Waals surface area contributed by atoms with Gasteiger partial charge >= 0.3 is 0 Å². The molecule has 0 aromatic heterocycles. The van der Waals surface area contributed by atoms with Gasteiger partial charge in [-0.15, -0.1) is 0 Å². The molecule has 3 rings (SSSR count). The van der Waals surface area contributed by atoms with Gasteiger partial charge in [0, 0.05) is 25.1 Å². The second-order valence-electron chi connectivity index (χ2n) is 5.96. The van der Waals surface area contributed by atoms with Crippen LogP contribution in [0.2, 0.25) is 0 Å². The molecule has 130 valence electrons. The standard InChI is InChI=1S/C16H21N3O5/c20-15(11-17-13-3-1-2-4-14(13)19(21)22)18-7-5-12(6-8-18)16-23-9-10-24-16/h1-4,12,16-17H,5-11H2. The van der Waals surface area contributed by atoms with Crippen molar-refractivity contribution in [2.45, 2.75) is 19.1 Å². The third-order valence-electron chi connectivity index (χ3n) is 4.46. The first-order valence-corrected chi connectivity index (χ1v) is 8.13. The summed E-state index contributed by atoms with van der Waals surface area (Å²) in [7, 11) is 0.